The number of nitrogens with zero attached hydrogens (tertiary/aromatic N) is 1. The van der Waals surface area contributed by atoms with E-state index in [2.05, 4.69) is 4.98 Å². The van der Waals surface area contributed by atoms with E-state index in [4.69, 9.17) is 26.4 Å². The van der Waals surface area contributed by atoms with Crippen LogP contribution >= 0.6 is 24.0 Å². The lowest BCUT2D eigenvalue weighted by atomic mass is 10.3. The largest absolute Gasteiger partial charge is 0.491 e. The fourth-order valence-electron chi connectivity index (χ4n) is 1.04. The predicted molar refractivity (Wildman–Crippen MR) is 68.2 cm³/mol. The van der Waals surface area contributed by atoms with Crippen LogP contribution < -0.4 is 9.47 Å². The fourth-order valence-corrected chi connectivity index (χ4v) is 1.28. The van der Waals surface area contributed by atoms with Gasteiger partial charge >= 0.3 is 0 Å². The zero-order valence-electron chi connectivity index (χ0n) is 9.35. The van der Waals surface area contributed by atoms with E-state index in [-0.39, 0.29) is 0 Å². The van der Waals surface area contributed by atoms with Gasteiger partial charge in [0, 0.05) is 0 Å². The first-order valence-electron chi connectivity index (χ1n) is 4.50. The van der Waals surface area contributed by atoms with Crippen LogP contribution in [0.2, 0.25) is 0 Å². The van der Waals surface area contributed by atoms with Gasteiger partial charge in [-0.2, -0.15) is 0 Å². The Bertz CT molecular complexity index is 371. The Morgan fingerprint density at radius 2 is 2.12 bits per heavy atom. The molecule has 0 aliphatic heterocycles. The Morgan fingerprint density at radius 1 is 1.38 bits per heavy atom. The summed E-state index contributed by atoms with van der Waals surface area (Å²) in [4.78, 5) is 4.23. The second-order valence-corrected chi connectivity index (χ2v) is 4.17. The Kier molecular flexibility index (Phi) is 5.34. The van der Waals surface area contributed by atoms with E-state index in [0.717, 1.165) is 5.69 Å². The summed E-state index contributed by atoms with van der Waals surface area (Å²) in [6, 6.07) is 3.59. The van der Waals surface area contributed by atoms with Gasteiger partial charge in [-0.15, -0.1) is 0 Å². The molecule has 1 rings (SSSR count). The van der Waals surface area contributed by atoms with Gasteiger partial charge in [0.1, 0.15) is 6.61 Å². The molecule has 0 N–H and O–H groups in total. The van der Waals surface area contributed by atoms with Crippen molar-refractivity contribution in [2.24, 2.45) is 0 Å². The van der Waals surface area contributed by atoms with Crippen LogP contribution in [-0.2, 0) is 11.3 Å². The lowest BCUT2D eigenvalue weighted by Gasteiger charge is -2.09. The molecule has 0 amide bonds. The Balaban J connectivity index is 2.71. The highest BCUT2D eigenvalue weighted by atomic mass is 32.2. The third kappa shape index (κ3) is 3.53. The van der Waals surface area contributed by atoms with Crippen molar-refractivity contribution in [1.82, 2.24) is 4.98 Å². The topological polar surface area (TPSA) is 40.6 Å². The molecule has 0 radical (unpaired) electrons. The fraction of sp³-hybridized carbons (Fsp3) is 0.400. The lowest BCUT2D eigenvalue weighted by molar-refractivity contribution is 0.297. The van der Waals surface area contributed by atoms with E-state index in [0.29, 0.717) is 22.6 Å². The van der Waals surface area contributed by atoms with Gasteiger partial charge in [-0.3, -0.25) is 0 Å². The van der Waals surface area contributed by atoms with Crippen molar-refractivity contribution in [1.29, 1.82) is 0 Å². The molecule has 4 nitrogen and oxygen atoms in total. The van der Waals surface area contributed by atoms with Gasteiger partial charge in [0.25, 0.3) is 5.88 Å². The van der Waals surface area contributed by atoms with Crippen LogP contribution in [0.25, 0.3) is 0 Å². The third-order valence-corrected chi connectivity index (χ3v) is 2.87. The van der Waals surface area contributed by atoms with Gasteiger partial charge in [-0.05, 0) is 30.6 Å². The number of ether oxygens (including phenoxy) is 3. The van der Waals surface area contributed by atoms with Gasteiger partial charge in [0.05, 0.1) is 19.9 Å². The summed E-state index contributed by atoms with van der Waals surface area (Å²) in [5.74, 6) is 1.04. The number of hydrogen-bond acceptors (Lipinski definition) is 6. The maximum absolute atomic E-state index is 5.29. The quantitative estimate of drug-likeness (QED) is 0.773. The molecule has 1 heterocycles. The van der Waals surface area contributed by atoms with E-state index in [1.54, 1.807) is 20.3 Å². The highest BCUT2D eigenvalue weighted by molar-refractivity contribution is 8.22. The van der Waals surface area contributed by atoms with E-state index >= 15 is 0 Å². The average molecular weight is 259 g/mol. The molecule has 0 fully saturated rings. The van der Waals surface area contributed by atoms with Crippen LogP contribution in [-0.4, -0.2) is 29.8 Å². The molecule has 0 atom stereocenters. The Hall–Kier alpha value is -1.01. The number of aromatic nitrogens is 1. The first kappa shape index (κ1) is 13.1. The van der Waals surface area contributed by atoms with Gasteiger partial charge in [0.15, 0.2) is 5.75 Å². The summed E-state index contributed by atoms with van der Waals surface area (Å²) in [7, 11) is 3.11. The van der Waals surface area contributed by atoms with E-state index in [9.17, 15) is 0 Å². The van der Waals surface area contributed by atoms with Gasteiger partial charge in [-0.1, -0.05) is 11.8 Å². The molecule has 0 aliphatic rings. The standard InChI is InChI=1S/C10H13NO3S2/c1-12-8-5-4-7(11-9(8)13-2)6-14-10(15)16-3/h4-5H,6H2,1-3H3. The van der Waals surface area contributed by atoms with Crippen molar-refractivity contribution in [2.75, 3.05) is 20.5 Å². The minimum Gasteiger partial charge on any atom is -0.491 e. The number of hydrogen-bond donors (Lipinski definition) is 0. The summed E-state index contributed by atoms with van der Waals surface area (Å²) in [5, 5.41) is 0. The van der Waals surface area contributed by atoms with Crippen molar-refractivity contribution < 1.29 is 14.2 Å². The number of pyridine rings is 1. The predicted octanol–water partition coefficient (Wildman–Crippen LogP) is 2.26. The van der Waals surface area contributed by atoms with Crippen molar-refractivity contribution >= 4 is 28.4 Å². The van der Waals surface area contributed by atoms with Crippen LogP contribution in [0.4, 0.5) is 0 Å². The number of methoxy groups -OCH3 is 2. The molecule has 0 aromatic carbocycles. The lowest BCUT2D eigenvalue weighted by Crippen LogP contribution is -2.01. The average Bonchev–Trinajstić information content (AvgIpc) is 2.35. The molecular formula is C10H13NO3S2. The minimum atomic E-state index is 0.333. The molecule has 0 unspecified atom stereocenters. The molecule has 0 aliphatic carbocycles. The summed E-state index contributed by atoms with van der Waals surface area (Å²) >= 11 is 6.31. The Morgan fingerprint density at radius 3 is 2.69 bits per heavy atom. The highest BCUT2D eigenvalue weighted by Gasteiger charge is 2.07. The number of thioether (sulfide) groups is 1. The summed E-state index contributed by atoms with van der Waals surface area (Å²) in [6.07, 6.45) is 1.87. The normalized spacial score (nSPS) is 9.69. The molecule has 6 heteroatoms. The second kappa shape index (κ2) is 6.55. The molecule has 88 valence electrons. The molecule has 1 aromatic heterocycles. The molecule has 0 saturated heterocycles. The summed E-state index contributed by atoms with van der Waals surface area (Å²) < 4.78 is 15.9. The monoisotopic (exact) mass is 259 g/mol. The Labute approximate surface area is 104 Å². The van der Waals surface area contributed by atoms with Crippen LogP contribution in [0, 0.1) is 0 Å². The zero-order valence-corrected chi connectivity index (χ0v) is 11.0. The maximum Gasteiger partial charge on any atom is 0.257 e. The molecule has 1 aromatic rings. The number of thiocarbonyl (C=S) groups is 1. The molecule has 0 spiro atoms. The van der Waals surface area contributed by atoms with E-state index in [1.165, 1.54) is 11.8 Å². The third-order valence-electron chi connectivity index (χ3n) is 1.80. The molecule has 0 saturated carbocycles. The maximum atomic E-state index is 5.29. The van der Waals surface area contributed by atoms with E-state index < -0.39 is 0 Å². The van der Waals surface area contributed by atoms with Crippen LogP contribution in [0.15, 0.2) is 12.1 Å². The molecule has 0 bridgehead atoms. The minimum absolute atomic E-state index is 0.333. The van der Waals surface area contributed by atoms with E-state index in [1.807, 2.05) is 12.3 Å². The molecular weight excluding hydrogens is 246 g/mol. The van der Waals surface area contributed by atoms with Gasteiger partial charge in [0.2, 0.25) is 4.38 Å². The highest BCUT2D eigenvalue weighted by Crippen LogP contribution is 2.24. The SMILES string of the molecule is COc1ccc(COC(=S)SC)nc1OC. The van der Waals surface area contributed by atoms with Crippen molar-refractivity contribution in [3.05, 3.63) is 17.8 Å². The zero-order chi connectivity index (χ0) is 12.0. The van der Waals surface area contributed by atoms with Gasteiger partial charge in [-0.25, -0.2) is 4.98 Å². The van der Waals surface area contributed by atoms with Crippen molar-refractivity contribution in [2.45, 2.75) is 6.61 Å². The summed E-state index contributed by atoms with van der Waals surface area (Å²) in [6.45, 7) is 0.333. The van der Waals surface area contributed by atoms with Gasteiger partial charge < -0.3 is 14.2 Å². The van der Waals surface area contributed by atoms with Crippen molar-refractivity contribution in [3.63, 3.8) is 0 Å². The first-order chi connectivity index (χ1) is 7.71. The van der Waals surface area contributed by atoms with Crippen molar-refractivity contribution in [3.8, 4) is 11.6 Å². The first-order valence-corrected chi connectivity index (χ1v) is 6.13. The van der Waals surface area contributed by atoms with Crippen LogP contribution in [0.5, 0.6) is 11.6 Å². The van der Waals surface area contributed by atoms with Crippen LogP contribution in [0.1, 0.15) is 5.69 Å². The summed E-state index contributed by atoms with van der Waals surface area (Å²) in [5.41, 5.74) is 0.744. The second-order valence-electron chi connectivity index (χ2n) is 2.76. The number of rotatable bonds is 4. The smallest absolute Gasteiger partial charge is 0.257 e. The molecule has 16 heavy (non-hydrogen) atoms. The van der Waals surface area contributed by atoms with Crippen LogP contribution in [0.3, 0.4) is 0 Å².